The third-order valence-electron chi connectivity index (χ3n) is 0.872. The van der Waals surface area contributed by atoms with Crippen LogP contribution in [0, 0.1) is 5.39 Å². The standard InChI is InChI=1S/C6H5N2.2ClH/c7-8-6-4-2-1-3-5-6;;/h1-5H;2*1H/q+1;;/p-1. The summed E-state index contributed by atoms with van der Waals surface area (Å²) >= 11 is 0. The second-order valence-electron chi connectivity index (χ2n) is 1.44. The molecular weight excluding hydrogens is 171 g/mol. The van der Waals surface area contributed by atoms with Crippen LogP contribution in [0.1, 0.15) is 0 Å². The van der Waals surface area contributed by atoms with Crippen LogP contribution in [0.2, 0.25) is 0 Å². The normalized spacial score (nSPS) is 6.30. The number of nitrogens with zero attached hydrogens (tertiary/aromatic N) is 2. The van der Waals surface area contributed by atoms with Crippen LogP contribution >= 0.6 is 12.4 Å². The molecule has 0 heterocycles. The third kappa shape index (κ3) is 3.29. The van der Waals surface area contributed by atoms with Crippen LogP contribution in [-0.2, 0) is 0 Å². The predicted molar refractivity (Wildman–Crippen MR) is 38.4 cm³/mol. The van der Waals surface area contributed by atoms with E-state index in [1.165, 1.54) is 0 Å². The number of benzene rings is 1. The van der Waals surface area contributed by atoms with E-state index in [1.54, 1.807) is 12.1 Å². The van der Waals surface area contributed by atoms with Gasteiger partial charge >= 0.3 is 5.69 Å². The molecule has 0 aromatic heterocycles. The van der Waals surface area contributed by atoms with Crippen molar-refractivity contribution in [3.05, 3.63) is 35.3 Å². The molecule has 0 saturated heterocycles. The number of halogens is 2. The first-order valence-electron chi connectivity index (χ1n) is 2.33. The van der Waals surface area contributed by atoms with Crippen molar-refractivity contribution in [2.75, 3.05) is 0 Å². The van der Waals surface area contributed by atoms with Gasteiger partial charge in [0.05, 0.1) is 0 Å². The smallest absolute Gasteiger partial charge is 0.385 e. The fourth-order valence-corrected chi connectivity index (χ4v) is 0.495. The van der Waals surface area contributed by atoms with Crippen molar-refractivity contribution in [2.45, 2.75) is 0 Å². The fourth-order valence-electron chi connectivity index (χ4n) is 0.495. The minimum atomic E-state index is 0. The zero-order valence-electron chi connectivity index (χ0n) is 5.07. The SMILES string of the molecule is Cl.N#[N+]c1ccccc1.[Cl-]. The summed E-state index contributed by atoms with van der Waals surface area (Å²) in [5, 5.41) is 8.16. The Morgan fingerprint density at radius 1 is 1.10 bits per heavy atom. The van der Waals surface area contributed by atoms with Gasteiger partial charge in [0.15, 0.2) is 4.98 Å². The minimum Gasteiger partial charge on any atom is -1.00 e. The number of hydrogen-bond acceptors (Lipinski definition) is 1. The van der Waals surface area contributed by atoms with E-state index in [0.29, 0.717) is 5.69 Å². The van der Waals surface area contributed by atoms with E-state index < -0.39 is 0 Å². The highest BCUT2D eigenvalue weighted by atomic mass is 35.5. The number of hydrogen-bond donors (Lipinski definition) is 0. The van der Waals surface area contributed by atoms with Gasteiger partial charge in [0.2, 0.25) is 5.39 Å². The summed E-state index contributed by atoms with van der Waals surface area (Å²) in [6, 6.07) is 8.94. The lowest BCUT2D eigenvalue weighted by atomic mass is 10.3. The molecule has 0 fully saturated rings. The molecule has 0 N–H and O–H groups in total. The largest absolute Gasteiger partial charge is 1.00 e. The Hall–Kier alpha value is -0.780. The monoisotopic (exact) mass is 176 g/mol. The van der Waals surface area contributed by atoms with E-state index in [2.05, 4.69) is 4.98 Å². The van der Waals surface area contributed by atoms with Crippen LogP contribution in [0.25, 0.3) is 4.98 Å². The maximum absolute atomic E-state index is 8.16. The molecule has 0 atom stereocenters. The van der Waals surface area contributed by atoms with Gasteiger partial charge in [0.1, 0.15) is 0 Å². The average Bonchev–Trinajstić information content (AvgIpc) is 1.90. The molecule has 1 rings (SSSR count). The molecule has 4 heteroatoms. The highest BCUT2D eigenvalue weighted by Gasteiger charge is 1.95. The topological polar surface area (TPSA) is 28.1 Å². The Labute approximate surface area is 71.7 Å². The van der Waals surface area contributed by atoms with E-state index in [-0.39, 0.29) is 24.8 Å². The van der Waals surface area contributed by atoms with Crippen LogP contribution in [-0.4, -0.2) is 0 Å². The van der Waals surface area contributed by atoms with Gasteiger partial charge in [-0.05, 0) is 0 Å². The third-order valence-corrected chi connectivity index (χ3v) is 0.872. The Morgan fingerprint density at radius 3 is 1.90 bits per heavy atom. The summed E-state index contributed by atoms with van der Waals surface area (Å²) in [6.07, 6.45) is 0. The molecule has 0 unspecified atom stereocenters. The minimum absolute atomic E-state index is 0. The van der Waals surface area contributed by atoms with E-state index in [9.17, 15) is 0 Å². The highest BCUT2D eigenvalue weighted by Crippen LogP contribution is 2.07. The van der Waals surface area contributed by atoms with E-state index in [4.69, 9.17) is 5.39 Å². The lowest BCUT2D eigenvalue weighted by Crippen LogP contribution is -3.00. The van der Waals surface area contributed by atoms with Gasteiger partial charge in [-0.25, -0.2) is 0 Å². The molecule has 1 aromatic rings. The Balaban J connectivity index is 0. The molecule has 10 heavy (non-hydrogen) atoms. The van der Waals surface area contributed by atoms with Crippen LogP contribution in [0.4, 0.5) is 5.69 Å². The predicted octanol–water partition coefficient (Wildman–Crippen LogP) is -0.403. The molecular formula is C6H6Cl2N2. The van der Waals surface area contributed by atoms with Gasteiger partial charge in [-0.15, -0.1) is 12.4 Å². The lowest BCUT2D eigenvalue weighted by molar-refractivity contribution is -0.00000202. The number of rotatable bonds is 0. The van der Waals surface area contributed by atoms with Gasteiger partial charge in [0, 0.05) is 12.1 Å². The van der Waals surface area contributed by atoms with Crippen LogP contribution < -0.4 is 12.4 Å². The zero-order valence-corrected chi connectivity index (χ0v) is 6.64. The molecule has 0 bridgehead atoms. The molecule has 0 aliphatic carbocycles. The van der Waals surface area contributed by atoms with Crippen molar-refractivity contribution in [2.24, 2.45) is 0 Å². The highest BCUT2D eigenvalue weighted by molar-refractivity contribution is 5.85. The summed E-state index contributed by atoms with van der Waals surface area (Å²) in [4.78, 5) is 2.97. The van der Waals surface area contributed by atoms with Crippen LogP contribution in [0.3, 0.4) is 0 Å². The summed E-state index contributed by atoms with van der Waals surface area (Å²) in [7, 11) is 0. The molecule has 54 valence electrons. The lowest BCUT2D eigenvalue weighted by Gasteiger charge is -1.69. The van der Waals surface area contributed by atoms with Crippen molar-refractivity contribution in [1.82, 2.24) is 0 Å². The molecule has 0 radical (unpaired) electrons. The van der Waals surface area contributed by atoms with E-state index in [1.807, 2.05) is 18.2 Å². The van der Waals surface area contributed by atoms with E-state index >= 15 is 0 Å². The maximum Gasteiger partial charge on any atom is 0.385 e. The second-order valence-corrected chi connectivity index (χ2v) is 1.44. The zero-order chi connectivity index (χ0) is 5.82. The summed E-state index contributed by atoms with van der Waals surface area (Å²) < 4.78 is 0. The molecule has 0 amide bonds. The fraction of sp³-hybridized carbons (Fsp3) is 0. The Kier molecular flexibility index (Phi) is 7.58. The second kappa shape index (κ2) is 6.34. The van der Waals surface area contributed by atoms with Crippen LogP contribution in [0.5, 0.6) is 0 Å². The van der Waals surface area contributed by atoms with Crippen molar-refractivity contribution in [3.63, 3.8) is 0 Å². The van der Waals surface area contributed by atoms with Gasteiger partial charge in [-0.2, -0.15) is 0 Å². The van der Waals surface area contributed by atoms with Crippen molar-refractivity contribution >= 4 is 18.1 Å². The molecule has 0 aliphatic heterocycles. The first-order chi connectivity index (χ1) is 3.93. The quantitative estimate of drug-likeness (QED) is 0.495. The van der Waals surface area contributed by atoms with Gasteiger partial charge in [-0.3, -0.25) is 0 Å². The maximum atomic E-state index is 8.16. The molecule has 0 aliphatic rings. The van der Waals surface area contributed by atoms with Gasteiger partial charge in [-0.1, -0.05) is 18.2 Å². The summed E-state index contributed by atoms with van der Waals surface area (Å²) in [5.74, 6) is 0. The first-order valence-corrected chi connectivity index (χ1v) is 2.33. The molecule has 0 spiro atoms. The van der Waals surface area contributed by atoms with Crippen molar-refractivity contribution < 1.29 is 12.4 Å². The van der Waals surface area contributed by atoms with Gasteiger partial charge in [0.25, 0.3) is 0 Å². The van der Waals surface area contributed by atoms with Crippen molar-refractivity contribution in [1.29, 1.82) is 5.39 Å². The van der Waals surface area contributed by atoms with Crippen molar-refractivity contribution in [3.8, 4) is 0 Å². The van der Waals surface area contributed by atoms with Gasteiger partial charge < -0.3 is 12.4 Å². The van der Waals surface area contributed by atoms with E-state index in [0.717, 1.165) is 0 Å². The molecule has 0 saturated carbocycles. The van der Waals surface area contributed by atoms with Crippen LogP contribution in [0.15, 0.2) is 30.3 Å². The summed E-state index contributed by atoms with van der Waals surface area (Å²) in [6.45, 7) is 0. The molecule has 1 aromatic carbocycles. The first kappa shape index (κ1) is 12.0. The molecule has 2 nitrogen and oxygen atoms in total. The summed E-state index contributed by atoms with van der Waals surface area (Å²) in [5.41, 5.74) is 0.590. The average molecular weight is 177 g/mol. The Morgan fingerprint density at radius 2 is 1.60 bits per heavy atom. The number of diazo groups is 1. The Bertz CT molecular complexity index is 205.